The molecule has 13 heavy (non-hydrogen) atoms. The molecule has 0 radical (unpaired) electrons. The average molecular weight is 181 g/mol. The van der Waals surface area contributed by atoms with Crippen molar-refractivity contribution in [1.29, 1.82) is 0 Å². The van der Waals surface area contributed by atoms with Gasteiger partial charge in [-0.05, 0) is 28.2 Å². The van der Waals surface area contributed by atoms with Crippen molar-refractivity contribution in [1.82, 2.24) is 20.2 Å². The van der Waals surface area contributed by atoms with Gasteiger partial charge in [-0.2, -0.15) is 0 Å². The summed E-state index contributed by atoms with van der Waals surface area (Å²) in [6.07, 6.45) is 1.26. The normalized spacial score (nSPS) is 24.7. The first kappa shape index (κ1) is 8.62. The summed E-state index contributed by atoms with van der Waals surface area (Å²) < 4.78 is 1.82. The Hall–Kier alpha value is -0.970. The van der Waals surface area contributed by atoms with Gasteiger partial charge in [0.05, 0.1) is 6.54 Å². The van der Waals surface area contributed by atoms with Crippen molar-refractivity contribution in [2.45, 2.75) is 33.4 Å². The summed E-state index contributed by atoms with van der Waals surface area (Å²) in [7, 11) is 0. The third-order valence-electron chi connectivity index (χ3n) is 2.90. The smallest absolute Gasteiger partial charge is 0.164 e. The molecule has 1 atom stereocenters. The highest BCUT2D eigenvalue weighted by Gasteiger charge is 2.45. The quantitative estimate of drug-likeness (QED) is 0.722. The maximum absolute atomic E-state index is 5.50. The number of hydrogen-bond donors (Lipinski definition) is 1. The van der Waals surface area contributed by atoms with E-state index in [0.29, 0.717) is 17.9 Å². The lowest BCUT2D eigenvalue weighted by molar-refractivity contribution is 0.454. The zero-order valence-corrected chi connectivity index (χ0v) is 8.06. The molecule has 1 saturated carbocycles. The third-order valence-corrected chi connectivity index (χ3v) is 2.90. The molecule has 0 spiro atoms. The summed E-state index contributed by atoms with van der Waals surface area (Å²) in [5, 5.41) is 11.4. The Bertz CT molecular complexity index is 303. The van der Waals surface area contributed by atoms with Crippen molar-refractivity contribution < 1.29 is 0 Å². The molecule has 0 amide bonds. The van der Waals surface area contributed by atoms with Crippen LogP contribution in [-0.2, 0) is 13.1 Å². The number of aromatic nitrogens is 4. The Balaban J connectivity index is 2.03. The van der Waals surface area contributed by atoms with Crippen molar-refractivity contribution in [3.63, 3.8) is 0 Å². The maximum atomic E-state index is 5.50. The minimum absolute atomic E-state index is 0.417. The summed E-state index contributed by atoms with van der Waals surface area (Å²) in [5.41, 5.74) is 5.97. The average Bonchev–Trinajstić information content (AvgIpc) is 2.50. The fourth-order valence-corrected chi connectivity index (χ4v) is 1.61. The summed E-state index contributed by atoms with van der Waals surface area (Å²) in [6.45, 7) is 5.86. The van der Waals surface area contributed by atoms with Crippen LogP contribution in [0.15, 0.2) is 0 Å². The molecule has 0 aliphatic heterocycles. The first-order valence-corrected chi connectivity index (χ1v) is 4.58. The van der Waals surface area contributed by atoms with Crippen LogP contribution in [0, 0.1) is 11.3 Å². The summed E-state index contributed by atoms with van der Waals surface area (Å²) in [5.74, 6) is 1.49. The molecule has 0 aromatic carbocycles. The number of tetrazole rings is 1. The molecule has 1 aliphatic rings. The second-order valence-corrected chi connectivity index (χ2v) is 4.37. The number of rotatable bonds is 3. The Morgan fingerprint density at radius 1 is 1.62 bits per heavy atom. The molecule has 1 aliphatic carbocycles. The van der Waals surface area contributed by atoms with Gasteiger partial charge in [-0.15, -0.1) is 5.10 Å². The minimum atomic E-state index is 0.417. The Morgan fingerprint density at radius 3 is 2.85 bits per heavy atom. The van der Waals surface area contributed by atoms with Crippen molar-refractivity contribution in [3.05, 3.63) is 5.82 Å². The molecule has 0 saturated heterocycles. The highest BCUT2D eigenvalue weighted by atomic mass is 15.5. The van der Waals surface area contributed by atoms with Gasteiger partial charge < -0.3 is 5.73 Å². The molecule has 1 aromatic rings. The van der Waals surface area contributed by atoms with Crippen LogP contribution in [0.3, 0.4) is 0 Å². The van der Waals surface area contributed by atoms with Gasteiger partial charge in [0.15, 0.2) is 5.82 Å². The van der Waals surface area contributed by atoms with Crippen LogP contribution in [-0.4, -0.2) is 20.2 Å². The predicted octanol–water partition coefficient (Wildman–Crippen LogP) is 0.178. The van der Waals surface area contributed by atoms with Crippen molar-refractivity contribution in [3.8, 4) is 0 Å². The monoisotopic (exact) mass is 181 g/mol. The molecule has 0 bridgehead atoms. The largest absolute Gasteiger partial charge is 0.324 e. The van der Waals surface area contributed by atoms with E-state index >= 15 is 0 Å². The van der Waals surface area contributed by atoms with Crippen molar-refractivity contribution in [2.75, 3.05) is 0 Å². The molecule has 1 heterocycles. The highest BCUT2D eigenvalue weighted by Crippen LogP contribution is 2.52. The van der Waals surface area contributed by atoms with E-state index in [9.17, 15) is 0 Å². The Kier molecular flexibility index (Phi) is 1.83. The first-order chi connectivity index (χ1) is 6.13. The zero-order chi connectivity index (χ0) is 9.47. The SMILES string of the molecule is CC1(C)CC1Cn1nnnc1CN. The van der Waals surface area contributed by atoms with E-state index in [4.69, 9.17) is 5.73 Å². The molecule has 1 fully saturated rings. The molecule has 2 rings (SSSR count). The van der Waals surface area contributed by atoms with E-state index in [1.807, 2.05) is 4.68 Å². The summed E-state index contributed by atoms with van der Waals surface area (Å²) >= 11 is 0. The van der Waals surface area contributed by atoms with Gasteiger partial charge in [-0.1, -0.05) is 13.8 Å². The van der Waals surface area contributed by atoms with Crippen LogP contribution in [0.1, 0.15) is 26.1 Å². The Morgan fingerprint density at radius 2 is 2.31 bits per heavy atom. The molecule has 2 N–H and O–H groups in total. The van der Waals surface area contributed by atoms with Crippen LogP contribution in [0.2, 0.25) is 0 Å². The second-order valence-electron chi connectivity index (χ2n) is 4.37. The lowest BCUT2D eigenvalue weighted by Crippen LogP contribution is -2.12. The van der Waals surface area contributed by atoms with Crippen LogP contribution in [0.25, 0.3) is 0 Å². The first-order valence-electron chi connectivity index (χ1n) is 4.58. The fourth-order valence-electron chi connectivity index (χ4n) is 1.61. The lowest BCUT2D eigenvalue weighted by atomic mass is 10.1. The molecule has 1 unspecified atom stereocenters. The molecular weight excluding hydrogens is 166 g/mol. The molecule has 72 valence electrons. The van der Waals surface area contributed by atoms with Crippen LogP contribution >= 0.6 is 0 Å². The molecule has 1 aromatic heterocycles. The third kappa shape index (κ3) is 1.56. The van der Waals surface area contributed by atoms with E-state index in [2.05, 4.69) is 29.4 Å². The standard InChI is InChI=1S/C8H15N5/c1-8(2)3-6(8)5-13-7(4-9)10-11-12-13/h6H,3-5,9H2,1-2H3. The van der Waals surface area contributed by atoms with Gasteiger partial charge in [0.2, 0.25) is 0 Å². The van der Waals surface area contributed by atoms with E-state index in [0.717, 1.165) is 12.4 Å². The van der Waals surface area contributed by atoms with Crippen LogP contribution in [0.5, 0.6) is 0 Å². The van der Waals surface area contributed by atoms with Gasteiger partial charge in [0, 0.05) is 6.54 Å². The minimum Gasteiger partial charge on any atom is -0.324 e. The topological polar surface area (TPSA) is 69.6 Å². The molecular formula is C8H15N5. The van der Waals surface area contributed by atoms with E-state index < -0.39 is 0 Å². The van der Waals surface area contributed by atoms with Crippen molar-refractivity contribution >= 4 is 0 Å². The summed E-state index contributed by atoms with van der Waals surface area (Å²) in [6, 6.07) is 0. The van der Waals surface area contributed by atoms with Crippen molar-refractivity contribution in [2.24, 2.45) is 17.1 Å². The number of nitrogens with zero attached hydrogens (tertiary/aromatic N) is 4. The number of hydrogen-bond acceptors (Lipinski definition) is 4. The van der Waals surface area contributed by atoms with Gasteiger partial charge in [-0.3, -0.25) is 0 Å². The molecule has 5 heteroatoms. The van der Waals surface area contributed by atoms with Crippen LogP contribution < -0.4 is 5.73 Å². The Labute approximate surface area is 77.3 Å². The zero-order valence-electron chi connectivity index (χ0n) is 8.06. The van der Waals surface area contributed by atoms with Gasteiger partial charge in [0.25, 0.3) is 0 Å². The maximum Gasteiger partial charge on any atom is 0.164 e. The van der Waals surface area contributed by atoms with E-state index in [1.165, 1.54) is 6.42 Å². The lowest BCUT2D eigenvalue weighted by Gasteiger charge is -2.04. The fraction of sp³-hybridized carbons (Fsp3) is 0.875. The number of nitrogens with two attached hydrogens (primary N) is 1. The van der Waals surface area contributed by atoms with E-state index in [-0.39, 0.29) is 0 Å². The second kappa shape index (κ2) is 2.77. The van der Waals surface area contributed by atoms with Crippen LogP contribution in [0.4, 0.5) is 0 Å². The van der Waals surface area contributed by atoms with Gasteiger partial charge in [0.1, 0.15) is 0 Å². The van der Waals surface area contributed by atoms with Gasteiger partial charge >= 0.3 is 0 Å². The van der Waals surface area contributed by atoms with Gasteiger partial charge in [-0.25, -0.2) is 4.68 Å². The summed E-state index contributed by atoms with van der Waals surface area (Å²) in [4.78, 5) is 0. The van der Waals surface area contributed by atoms with E-state index in [1.54, 1.807) is 0 Å². The predicted molar refractivity (Wildman–Crippen MR) is 47.6 cm³/mol. The molecule has 5 nitrogen and oxygen atoms in total. The highest BCUT2D eigenvalue weighted by molar-refractivity contribution is 4.95.